The standard InChI is InChI=1S/C26H42O.CH4O/c1-20-10-5-6-11-21(20)14-15-22-12-9-19-26(4)23(16-17-24(22)26)13-7-8-18-25(2,3)27;1-2/h14-15,23-24,27H,1,5-13,16-19H2,2-4H3;2H,1H3/b21-14-,22-15+;. The Kier molecular flexibility index (Phi) is 9.22. The van der Waals surface area contributed by atoms with Gasteiger partial charge in [-0.2, -0.15) is 0 Å². The maximum atomic E-state index is 9.95. The zero-order valence-corrected chi connectivity index (χ0v) is 19.6. The number of fused-ring (bicyclic) bond motifs is 1. The molecule has 3 saturated carbocycles. The van der Waals surface area contributed by atoms with E-state index in [1.54, 1.807) is 5.57 Å². The lowest BCUT2D eigenvalue weighted by Crippen LogP contribution is -2.33. The lowest BCUT2D eigenvalue weighted by Gasteiger charge is -2.42. The molecule has 29 heavy (non-hydrogen) atoms. The fourth-order valence-electron chi connectivity index (χ4n) is 6.17. The predicted octanol–water partition coefficient (Wildman–Crippen LogP) is 7.13. The van der Waals surface area contributed by atoms with E-state index in [4.69, 9.17) is 5.11 Å². The molecule has 2 nitrogen and oxygen atoms in total. The second-order valence-corrected chi connectivity index (χ2v) is 10.5. The summed E-state index contributed by atoms with van der Waals surface area (Å²) in [6, 6.07) is 0. The Morgan fingerprint density at radius 2 is 1.76 bits per heavy atom. The molecule has 0 aromatic rings. The second-order valence-electron chi connectivity index (χ2n) is 10.5. The van der Waals surface area contributed by atoms with Gasteiger partial charge in [0.25, 0.3) is 0 Å². The van der Waals surface area contributed by atoms with Crippen LogP contribution < -0.4 is 0 Å². The Morgan fingerprint density at radius 1 is 1.03 bits per heavy atom. The molecule has 0 saturated heterocycles. The summed E-state index contributed by atoms with van der Waals surface area (Å²) in [6.07, 6.45) is 21.6. The summed E-state index contributed by atoms with van der Waals surface area (Å²) in [5.74, 6) is 1.68. The molecule has 3 fully saturated rings. The van der Waals surface area contributed by atoms with Crippen LogP contribution in [0.2, 0.25) is 0 Å². The molecule has 3 atom stereocenters. The molecule has 3 aliphatic rings. The SMILES string of the molecule is C=C1CCCC/C1=C/C=C1\CCCC2(C)C(CCCCC(C)(C)O)CCC12.CO. The van der Waals surface area contributed by atoms with Crippen molar-refractivity contribution >= 4 is 0 Å². The van der Waals surface area contributed by atoms with E-state index in [9.17, 15) is 5.11 Å². The Labute approximate surface area is 180 Å². The third-order valence-corrected chi connectivity index (χ3v) is 7.88. The molecule has 2 N–H and O–H groups in total. The first-order valence-electron chi connectivity index (χ1n) is 12.0. The van der Waals surface area contributed by atoms with Crippen molar-refractivity contribution in [2.75, 3.05) is 7.11 Å². The van der Waals surface area contributed by atoms with Gasteiger partial charge in [0.2, 0.25) is 0 Å². The number of unbranched alkanes of at least 4 members (excludes halogenated alkanes) is 1. The number of aliphatic hydroxyl groups excluding tert-OH is 1. The van der Waals surface area contributed by atoms with Gasteiger partial charge in [-0.25, -0.2) is 0 Å². The van der Waals surface area contributed by atoms with Crippen LogP contribution in [0.1, 0.15) is 104 Å². The minimum Gasteiger partial charge on any atom is -0.400 e. The molecule has 0 heterocycles. The Morgan fingerprint density at radius 3 is 2.45 bits per heavy atom. The van der Waals surface area contributed by atoms with Crippen LogP contribution in [0.25, 0.3) is 0 Å². The number of hydrogen-bond donors (Lipinski definition) is 2. The molecule has 3 unspecified atom stereocenters. The highest BCUT2D eigenvalue weighted by Crippen LogP contribution is 2.58. The molecule has 2 heteroatoms. The molecule has 0 aliphatic heterocycles. The first-order chi connectivity index (χ1) is 13.8. The van der Waals surface area contributed by atoms with Crippen LogP contribution in [-0.2, 0) is 0 Å². The van der Waals surface area contributed by atoms with Gasteiger partial charge in [-0.1, -0.05) is 49.6 Å². The van der Waals surface area contributed by atoms with E-state index in [1.807, 2.05) is 13.8 Å². The third kappa shape index (κ3) is 6.56. The monoisotopic (exact) mass is 402 g/mol. The maximum Gasteiger partial charge on any atom is 0.0591 e. The zero-order valence-electron chi connectivity index (χ0n) is 19.6. The third-order valence-electron chi connectivity index (χ3n) is 7.88. The predicted molar refractivity (Wildman–Crippen MR) is 125 cm³/mol. The highest BCUT2D eigenvalue weighted by molar-refractivity contribution is 5.35. The smallest absolute Gasteiger partial charge is 0.0591 e. The van der Waals surface area contributed by atoms with Crippen molar-refractivity contribution in [2.45, 2.75) is 110 Å². The topological polar surface area (TPSA) is 40.5 Å². The van der Waals surface area contributed by atoms with Crippen molar-refractivity contribution in [3.8, 4) is 0 Å². The molecule has 0 radical (unpaired) electrons. The summed E-state index contributed by atoms with van der Waals surface area (Å²) in [6.45, 7) is 10.8. The Bertz CT molecular complexity index is 592. The van der Waals surface area contributed by atoms with Crippen molar-refractivity contribution in [1.82, 2.24) is 0 Å². The Balaban J connectivity index is 0.00000145. The average molecular weight is 403 g/mol. The summed E-state index contributed by atoms with van der Waals surface area (Å²) in [7, 11) is 1.00. The van der Waals surface area contributed by atoms with E-state index in [0.29, 0.717) is 5.41 Å². The van der Waals surface area contributed by atoms with Gasteiger partial charge in [0, 0.05) is 7.11 Å². The van der Waals surface area contributed by atoms with Crippen LogP contribution in [0, 0.1) is 17.3 Å². The average Bonchev–Trinajstić information content (AvgIpc) is 3.02. The number of hydrogen-bond acceptors (Lipinski definition) is 2. The number of allylic oxidation sites excluding steroid dienone is 5. The minimum absolute atomic E-state index is 0.501. The van der Waals surface area contributed by atoms with E-state index in [-0.39, 0.29) is 0 Å². The van der Waals surface area contributed by atoms with Crippen molar-refractivity contribution in [3.05, 3.63) is 35.5 Å². The van der Waals surface area contributed by atoms with Crippen LogP contribution in [0.15, 0.2) is 35.5 Å². The quantitative estimate of drug-likeness (QED) is 0.464. The molecule has 3 aliphatic carbocycles. The van der Waals surface area contributed by atoms with E-state index in [1.165, 1.54) is 81.8 Å². The summed E-state index contributed by atoms with van der Waals surface area (Å²) >= 11 is 0. The van der Waals surface area contributed by atoms with Crippen LogP contribution in [0.4, 0.5) is 0 Å². The van der Waals surface area contributed by atoms with Gasteiger partial charge in [0.1, 0.15) is 0 Å². The summed E-state index contributed by atoms with van der Waals surface area (Å²) < 4.78 is 0. The maximum absolute atomic E-state index is 9.95. The highest BCUT2D eigenvalue weighted by atomic mass is 16.3. The van der Waals surface area contributed by atoms with Gasteiger partial charge in [0.05, 0.1) is 5.60 Å². The summed E-state index contributed by atoms with van der Waals surface area (Å²) in [5.41, 5.74) is 4.64. The van der Waals surface area contributed by atoms with E-state index >= 15 is 0 Å². The molecule has 0 bridgehead atoms. The summed E-state index contributed by atoms with van der Waals surface area (Å²) in [5, 5.41) is 16.9. The fraction of sp³-hybridized carbons (Fsp3) is 0.778. The first-order valence-corrected chi connectivity index (χ1v) is 12.0. The second kappa shape index (κ2) is 11.0. The molecule has 0 amide bonds. The molecule has 0 aromatic carbocycles. The van der Waals surface area contributed by atoms with Gasteiger partial charge < -0.3 is 10.2 Å². The first kappa shape index (κ1) is 24.4. The fourth-order valence-corrected chi connectivity index (χ4v) is 6.17. The normalized spacial score (nSPS) is 32.8. The molecular formula is C27H46O2. The van der Waals surface area contributed by atoms with Gasteiger partial charge in [-0.15, -0.1) is 0 Å². The summed E-state index contributed by atoms with van der Waals surface area (Å²) in [4.78, 5) is 0. The van der Waals surface area contributed by atoms with Gasteiger partial charge in [-0.3, -0.25) is 0 Å². The van der Waals surface area contributed by atoms with Crippen LogP contribution in [0.5, 0.6) is 0 Å². The van der Waals surface area contributed by atoms with Crippen molar-refractivity contribution < 1.29 is 10.2 Å². The largest absolute Gasteiger partial charge is 0.400 e. The molecule has 3 rings (SSSR count). The minimum atomic E-state index is -0.501. The van der Waals surface area contributed by atoms with Crippen LogP contribution in [0.3, 0.4) is 0 Å². The molecular weight excluding hydrogens is 356 g/mol. The molecule has 166 valence electrons. The van der Waals surface area contributed by atoms with E-state index < -0.39 is 5.60 Å². The number of rotatable bonds is 6. The lowest BCUT2D eigenvalue weighted by molar-refractivity contribution is 0.0660. The van der Waals surface area contributed by atoms with Crippen LogP contribution in [-0.4, -0.2) is 22.9 Å². The van der Waals surface area contributed by atoms with Crippen molar-refractivity contribution in [2.24, 2.45) is 17.3 Å². The van der Waals surface area contributed by atoms with Gasteiger partial charge in [-0.05, 0) is 107 Å². The molecule has 0 spiro atoms. The zero-order chi connectivity index (χ0) is 21.5. The van der Waals surface area contributed by atoms with E-state index in [2.05, 4.69) is 25.7 Å². The highest BCUT2D eigenvalue weighted by Gasteiger charge is 2.48. The number of aliphatic hydroxyl groups is 2. The van der Waals surface area contributed by atoms with Gasteiger partial charge in [0.15, 0.2) is 0 Å². The van der Waals surface area contributed by atoms with Gasteiger partial charge >= 0.3 is 0 Å². The lowest BCUT2D eigenvalue weighted by atomic mass is 9.62. The van der Waals surface area contributed by atoms with Crippen LogP contribution >= 0.6 is 0 Å². The van der Waals surface area contributed by atoms with Crippen molar-refractivity contribution in [1.29, 1.82) is 0 Å². The van der Waals surface area contributed by atoms with E-state index in [0.717, 1.165) is 31.8 Å². The van der Waals surface area contributed by atoms with Crippen molar-refractivity contribution in [3.63, 3.8) is 0 Å². The molecule has 0 aromatic heterocycles. The Hall–Kier alpha value is -0.860.